The van der Waals surface area contributed by atoms with Crippen LogP contribution in [0.1, 0.15) is 105 Å². The van der Waals surface area contributed by atoms with E-state index in [1.165, 1.54) is 22.1 Å². The second-order valence-corrected chi connectivity index (χ2v) is 20.9. The van der Waals surface area contributed by atoms with Crippen molar-refractivity contribution in [2.24, 2.45) is 0 Å². The van der Waals surface area contributed by atoms with Gasteiger partial charge in [0.15, 0.2) is 0 Å². The number of aromatic nitrogens is 3. The molecule has 0 atom stereocenters. The molecule has 0 fully saturated rings. The van der Waals surface area contributed by atoms with E-state index in [1.54, 1.807) is 0 Å². The maximum Gasteiger partial charge on any atom is 2.00 e. The van der Waals surface area contributed by atoms with Crippen LogP contribution in [0.25, 0.3) is 72.4 Å². The first kappa shape index (κ1) is 44.2. The zero-order valence-electron chi connectivity index (χ0n) is 37.7. The van der Waals surface area contributed by atoms with E-state index in [-0.39, 0.29) is 42.7 Å². The normalized spacial score (nSPS) is 12.5. The molecule has 0 aliphatic carbocycles. The van der Waals surface area contributed by atoms with Crippen LogP contribution in [0.5, 0.6) is 0 Å². The van der Waals surface area contributed by atoms with Crippen molar-refractivity contribution >= 4 is 34.6 Å². The van der Waals surface area contributed by atoms with Crippen LogP contribution in [0.2, 0.25) is 0 Å². The predicted molar refractivity (Wildman–Crippen MR) is 257 cm³/mol. The van der Waals surface area contributed by atoms with E-state index in [1.807, 2.05) is 6.20 Å². The van der Waals surface area contributed by atoms with E-state index in [4.69, 9.17) is 22.6 Å². The first-order chi connectivity index (χ1) is 28.2. The molecule has 2 heterocycles. The van der Waals surface area contributed by atoms with Gasteiger partial charge in [0.05, 0.1) is 16.9 Å². The smallest absolute Gasteiger partial charge is 0.779 e. The average Bonchev–Trinajstić information content (AvgIpc) is 3.59. The third kappa shape index (κ3) is 8.51. The van der Waals surface area contributed by atoms with Crippen LogP contribution >= 0.6 is 0 Å². The fourth-order valence-electron chi connectivity index (χ4n) is 8.36. The van der Waals surface area contributed by atoms with Crippen LogP contribution in [0.3, 0.4) is 0 Å². The Morgan fingerprint density at radius 2 is 1.15 bits per heavy atom. The molecule has 0 radical (unpaired) electrons. The third-order valence-corrected chi connectivity index (χ3v) is 12.3. The summed E-state index contributed by atoms with van der Waals surface area (Å²) in [7, 11) is 0. The third-order valence-electron chi connectivity index (χ3n) is 11.8. The molecule has 61 heavy (non-hydrogen) atoms. The van der Waals surface area contributed by atoms with E-state index in [2.05, 4.69) is 215 Å². The van der Waals surface area contributed by atoms with Crippen LogP contribution < -0.4 is 0 Å². The van der Waals surface area contributed by atoms with E-state index in [9.17, 15) is 0 Å². The Balaban J connectivity index is 0.00000561. The summed E-state index contributed by atoms with van der Waals surface area (Å²) >= 11 is 6.40. The van der Waals surface area contributed by atoms with Crippen molar-refractivity contribution in [2.45, 2.75) is 110 Å². The molecule has 0 amide bonds. The number of pyridine rings is 1. The average molecular weight is 999 g/mol. The number of benzene rings is 6. The molecule has 0 unspecified atom stereocenters. The van der Waals surface area contributed by atoms with E-state index < -0.39 is 0 Å². The molecule has 2 aromatic heterocycles. The molecule has 8 aromatic rings. The maximum atomic E-state index is 6.40. The first-order valence-corrected chi connectivity index (χ1v) is 21.6. The second-order valence-electron chi connectivity index (χ2n) is 20.5. The molecule has 0 spiro atoms. The summed E-state index contributed by atoms with van der Waals surface area (Å²) in [6.07, 6.45) is 1.96. The minimum absolute atomic E-state index is 0. The van der Waals surface area contributed by atoms with Gasteiger partial charge in [0.2, 0.25) is 0 Å². The van der Waals surface area contributed by atoms with Crippen molar-refractivity contribution in [2.75, 3.05) is 0 Å². The largest absolute Gasteiger partial charge is 2.00 e. The van der Waals surface area contributed by atoms with Crippen LogP contribution in [-0.4, -0.2) is 14.5 Å². The van der Waals surface area contributed by atoms with Gasteiger partial charge in [0, 0.05) is 23.0 Å². The molecule has 8 rings (SSSR count). The summed E-state index contributed by atoms with van der Waals surface area (Å²) in [4.78, 5) is 11.5. The zero-order chi connectivity index (χ0) is 42.9. The number of fused-ring (bicyclic) bond motifs is 2. The zero-order valence-corrected chi connectivity index (χ0v) is 40.8. The molecule has 6 aromatic carbocycles. The molecular formula is C56H57N3PtS. The molecule has 0 aliphatic rings. The molecule has 0 saturated carbocycles. The molecule has 3 nitrogen and oxygen atoms in total. The summed E-state index contributed by atoms with van der Waals surface area (Å²) in [6.45, 7) is 27.2. The van der Waals surface area contributed by atoms with Gasteiger partial charge in [-0.05, 0) is 90.8 Å². The summed E-state index contributed by atoms with van der Waals surface area (Å²) < 4.78 is 2.30. The van der Waals surface area contributed by atoms with Crippen molar-refractivity contribution in [3.63, 3.8) is 0 Å². The summed E-state index contributed by atoms with van der Waals surface area (Å²) in [5.41, 5.74) is 16.0. The molecule has 5 heteroatoms. The number of para-hydroxylation sites is 1. The van der Waals surface area contributed by atoms with Crippen molar-refractivity contribution < 1.29 is 21.1 Å². The summed E-state index contributed by atoms with van der Waals surface area (Å²) in [5.74, 6) is 0.823. The Morgan fingerprint density at radius 1 is 0.508 bits per heavy atom. The molecule has 312 valence electrons. The van der Waals surface area contributed by atoms with Gasteiger partial charge in [-0.1, -0.05) is 173 Å². The minimum atomic E-state index is -0.157. The van der Waals surface area contributed by atoms with Gasteiger partial charge in [0.1, 0.15) is 0 Å². The fourth-order valence-corrected chi connectivity index (χ4v) is 8.89. The van der Waals surface area contributed by atoms with Crippen molar-refractivity contribution in [1.82, 2.24) is 14.5 Å². The second kappa shape index (κ2) is 16.1. The number of nitrogens with zero attached hydrogens (tertiary/aromatic N) is 3. The summed E-state index contributed by atoms with van der Waals surface area (Å²) in [5, 5.41) is 1.19. The Morgan fingerprint density at radius 3 is 1.79 bits per heavy atom. The number of imidazole rings is 1. The van der Waals surface area contributed by atoms with Gasteiger partial charge >= 0.3 is 21.1 Å². The first-order valence-electron chi connectivity index (χ1n) is 21.2. The Bertz CT molecular complexity index is 2890. The molecular weight excluding hydrogens is 942 g/mol. The Labute approximate surface area is 383 Å². The van der Waals surface area contributed by atoms with E-state index in [0.29, 0.717) is 0 Å². The van der Waals surface area contributed by atoms with E-state index in [0.717, 1.165) is 77.5 Å². The number of hydrogen-bond donors (Lipinski definition) is 0. The predicted octanol–water partition coefficient (Wildman–Crippen LogP) is 15.1. The Kier molecular flexibility index (Phi) is 11.7. The fraction of sp³-hybridized carbons (Fsp3) is 0.286. The van der Waals surface area contributed by atoms with E-state index >= 15 is 0 Å². The van der Waals surface area contributed by atoms with Crippen LogP contribution in [0.15, 0.2) is 132 Å². The van der Waals surface area contributed by atoms with Gasteiger partial charge < -0.3 is 17.2 Å². The van der Waals surface area contributed by atoms with Crippen molar-refractivity contribution in [3.05, 3.63) is 156 Å². The number of rotatable bonds is 5. The SMILES string of the molecule is CC(C)(C)c1ccc(-n2c(-c3[c-]c(-c4cc(C(C)(C)C)cc5c(C(C)(C)C)ccnc45)ccc3)nc3c(-c4cc(-c5ccccc5)cc(C(C)(C)C)c4[S-])cccc32)cc1.[Pt+2]. The van der Waals surface area contributed by atoms with Crippen molar-refractivity contribution in [1.29, 1.82) is 0 Å². The minimum Gasteiger partial charge on any atom is -0.779 e. The van der Waals surface area contributed by atoms with Crippen LogP contribution in [0.4, 0.5) is 0 Å². The standard InChI is InChI=1S/C56H58N3S.Pt/c1-53(2,3)39-24-26-41(27-25-39)59-48-23-17-22-42(44-31-38(35-18-14-13-15-19-35)32-47(51(44)60)56(10,11)12)50(48)58-52(59)37-21-16-20-36(30-37)43-33-40(54(4,5)6)34-45-46(55(7,8)9)28-29-57-49(43)45;/h13-29,31-34,60H,1-12H3;/q-1;+2/p-1. The van der Waals surface area contributed by atoms with Crippen LogP contribution in [-0.2, 0) is 55.4 Å². The topological polar surface area (TPSA) is 30.7 Å². The van der Waals surface area contributed by atoms with Gasteiger partial charge in [-0.3, -0.25) is 9.97 Å². The molecule has 0 saturated heterocycles. The van der Waals surface area contributed by atoms with Gasteiger partial charge in [-0.15, -0.1) is 29.8 Å². The maximum absolute atomic E-state index is 6.40. The summed E-state index contributed by atoms with van der Waals surface area (Å²) in [6, 6.07) is 47.8. The van der Waals surface area contributed by atoms with Gasteiger partial charge in [0.25, 0.3) is 0 Å². The Hall–Kier alpha value is -4.89. The van der Waals surface area contributed by atoms with Gasteiger partial charge in [-0.2, -0.15) is 4.90 Å². The van der Waals surface area contributed by atoms with Gasteiger partial charge in [-0.25, -0.2) is 0 Å². The molecule has 0 aliphatic heterocycles. The number of hydrogen-bond acceptors (Lipinski definition) is 3. The van der Waals surface area contributed by atoms with Crippen molar-refractivity contribution in [3.8, 4) is 50.5 Å². The quantitative estimate of drug-likeness (QED) is 0.127. The molecule has 0 N–H and O–H groups in total. The molecule has 0 bridgehead atoms. The van der Waals surface area contributed by atoms with Crippen LogP contribution in [0, 0.1) is 6.07 Å². The monoisotopic (exact) mass is 998 g/mol.